The minimum Gasteiger partial charge on any atom is -0.349 e. The van der Waals surface area contributed by atoms with E-state index in [9.17, 15) is 26.4 Å². The van der Waals surface area contributed by atoms with Crippen LogP contribution < -0.4 is 5.32 Å². The van der Waals surface area contributed by atoms with Crippen LogP contribution in [-0.4, -0.2) is 25.9 Å². The van der Waals surface area contributed by atoms with Crippen LogP contribution >= 0.6 is 0 Å². The number of rotatable bonds is 4. The minimum absolute atomic E-state index is 0.101. The number of nitrogens with one attached hydrogen (secondary N) is 1. The summed E-state index contributed by atoms with van der Waals surface area (Å²) in [5.41, 5.74) is -5.26. The van der Waals surface area contributed by atoms with Crippen LogP contribution in [-0.2, 0) is 9.84 Å². The molecule has 8 heteroatoms. The topological polar surface area (TPSA) is 63.2 Å². The first-order valence-electron chi connectivity index (χ1n) is 6.19. The fourth-order valence-electron chi connectivity index (χ4n) is 1.38. The first-order chi connectivity index (χ1) is 9.46. The highest BCUT2D eigenvalue weighted by molar-refractivity contribution is 7.92. The van der Waals surface area contributed by atoms with Crippen molar-refractivity contribution in [2.45, 2.75) is 37.2 Å². The van der Waals surface area contributed by atoms with Gasteiger partial charge in [0.25, 0.3) is 15.7 Å². The Balaban J connectivity index is 2.96. The first-order valence-corrected chi connectivity index (χ1v) is 7.67. The summed E-state index contributed by atoms with van der Waals surface area (Å²) in [4.78, 5) is 10.9. The summed E-state index contributed by atoms with van der Waals surface area (Å²) in [5.74, 6) is -0.272. The highest BCUT2D eigenvalue weighted by Gasteiger charge is 2.46. The smallest absolute Gasteiger partial charge is 0.349 e. The number of hydrogen-bond acceptors (Lipinski definition) is 3. The third-order valence-corrected chi connectivity index (χ3v) is 4.59. The molecule has 0 bridgehead atoms. The number of benzene rings is 1. The van der Waals surface area contributed by atoms with Crippen LogP contribution in [0.2, 0.25) is 0 Å². The molecule has 0 spiro atoms. The molecule has 1 aromatic carbocycles. The number of carbonyl (C=O) groups excluding carboxylic acids is 1. The molecule has 1 atom stereocenters. The zero-order chi connectivity index (χ0) is 16.4. The summed E-state index contributed by atoms with van der Waals surface area (Å²) in [6, 6.07) is 3.55. The summed E-state index contributed by atoms with van der Waals surface area (Å²) < 4.78 is 59.5. The van der Waals surface area contributed by atoms with Crippen molar-refractivity contribution in [1.29, 1.82) is 0 Å². The van der Waals surface area contributed by atoms with Crippen LogP contribution in [0.3, 0.4) is 0 Å². The van der Waals surface area contributed by atoms with Crippen LogP contribution in [0.25, 0.3) is 0 Å². The van der Waals surface area contributed by atoms with E-state index >= 15 is 0 Å². The van der Waals surface area contributed by atoms with Gasteiger partial charge in [0, 0.05) is 11.6 Å². The molecule has 21 heavy (non-hydrogen) atoms. The number of alkyl halides is 3. The lowest BCUT2D eigenvalue weighted by molar-refractivity contribution is -0.0436. The number of amides is 1. The molecule has 4 nitrogen and oxygen atoms in total. The van der Waals surface area contributed by atoms with E-state index in [1.54, 1.807) is 6.92 Å². The Kier molecular flexibility index (Phi) is 5.03. The zero-order valence-electron chi connectivity index (χ0n) is 11.7. The lowest BCUT2D eigenvalue weighted by atomic mass is 10.1. The van der Waals surface area contributed by atoms with Gasteiger partial charge in [-0.3, -0.25) is 4.79 Å². The van der Waals surface area contributed by atoms with Gasteiger partial charge < -0.3 is 5.32 Å². The van der Waals surface area contributed by atoms with Gasteiger partial charge in [-0.25, -0.2) is 8.42 Å². The molecule has 0 aliphatic rings. The van der Waals surface area contributed by atoms with E-state index in [1.807, 2.05) is 13.8 Å². The fraction of sp³-hybridized carbons (Fsp3) is 0.462. The second-order valence-electron chi connectivity index (χ2n) is 4.98. The maximum Gasteiger partial charge on any atom is 0.501 e. The highest BCUT2D eigenvalue weighted by Crippen LogP contribution is 2.30. The molecule has 0 aromatic heterocycles. The number of carbonyl (C=O) groups is 1. The molecule has 0 aliphatic carbocycles. The van der Waals surface area contributed by atoms with Gasteiger partial charge in [0.2, 0.25) is 0 Å². The quantitative estimate of drug-likeness (QED) is 0.927. The molecule has 0 fully saturated rings. The average molecular weight is 323 g/mol. The van der Waals surface area contributed by atoms with E-state index in [4.69, 9.17) is 0 Å². The molecule has 1 rings (SSSR count). The Hall–Kier alpha value is -1.57. The number of hydrogen-bond donors (Lipinski definition) is 1. The standard InChI is InChI=1S/C13H16F3NO3S/c1-8(2)9(3)17-12(18)10-4-6-11(7-5-10)21(19,20)13(14,15)16/h4-9H,1-3H3,(H,17,18). The van der Waals surface area contributed by atoms with Gasteiger partial charge in [-0.05, 0) is 37.1 Å². The van der Waals surface area contributed by atoms with E-state index < -0.39 is 26.1 Å². The zero-order valence-corrected chi connectivity index (χ0v) is 12.5. The summed E-state index contributed by atoms with van der Waals surface area (Å²) >= 11 is 0. The van der Waals surface area contributed by atoms with Crippen molar-refractivity contribution < 1.29 is 26.4 Å². The van der Waals surface area contributed by atoms with E-state index in [2.05, 4.69) is 5.32 Å². The van der Waals surface area contributed by atoms with Crippen LogP contribution in [0, 0.1) is 5.92 Å². The van der Waals surface area contributed by atoms with Crippen LogP contribution in [0.15, 0.2) is 29.2 Å². The molecule has 1 aromatic rings. The van der Waals surface area contributed by atoms with E-state index in [-0.39, 0.29) is 17.5 Å². The normalized spacial score (nSPS) is 14.0. The second kappa shape index (κ2) is 6.05. The van der Waals surface area contributed by atoms with Crippen molar-refractivity contribution in [2.24, 2.45) is 5.92 Å². The molecule has 1 unspecified atom stereocenters. The second-order valence-corrected chi connectivity index (χ2v) is 6.92. The molecular weight excluding hydrogens is 307 g/mol. The van der Waals surface area contributed by atoms with E-state index in [1.165, 1.54) is 0 Å². The van der Waals surface area contributed by atoms with Gasteiger partial charge in [0.05, 0.1) is 4.90 Å². The van der Waals surface area contributed by atoms with Crippen LogP contribution in [0.1, 0.15) is 31.1 Å². The molecule has 118 valence electrons. The van der Waals surface area contributed by atoms with Gasteiger partial charge in [-0.15, -0.1) is 0 Å². The highest BCUT2D eigenvalue weighted by atomic mass is 32.2. The SMILES string of the molecule is CC(C)C(C)NC(=O)c1ccc(S(=O)(=O)C(F)(F)F)cc1. The minimum atomic E-state index is -5.39. The molecule has 1 N–H and O–H groups in total. The van der Waals surface area contributed by atoms with Crippen molar-refractivity contribution in [1.82, 2.24) is 5.32 Å². The maximum absolute atomic E-state index is 12.4. The fourth-order valence-corrected chi connectivity index (χ4v) is 2.14. The molecule has 0 aliphatic heterocycles. The Morgan fingerprint density at radius 1 is 1.10 bits per heavy atom. The summed E-state index contributed by atoms with van der Waals surface area (Å²) in [6.07, 6.45) is 0. The molecule has 0 heterocycles. The lowest BCUT2D eigenvalue weighted by Crippen LogP contribution is -2.36. The van der Waals surface area contributed by atoms with Crippen molar-refractivity contribution in [2.75, 3.05) is 0 Å². The summed E-state index contributed by atoms with van der Waals surface area (Å²) in [5, 5.41) is 2.67. The third kappa shape index (κ3) is 3.96. The molecular formula is C13H16F3NO3S. The molecule has 0 saturated carbocycles. The first kappa shape index (κ1) is 17.5. The molecule has 1 amide bonds. The number of halogens is 3. The summed E-state index contributed by atoms with van der Waals surface area (Å²) in [6.45, 7) is 5.61. The monoisotopic (exact) mass is 323 g/mol. The van der Waals surface area contributed by atoms with Gasteiger partial charge in [-0.1, -0.05) is 13.8 Å². The van der Waals surface area contributed by atoms with Gasteiger partial charge in [0.15, 0.2) is 0 Å². The van der Waals surface area contributed by atoms with Crippen LogP contribution in [0.4, 0.5) is 13.2 Å². The van der Waals surface area contributed by atoms with Crippen molar-refractivity contribution >= 4 is 15.7 Å². The van der Waals surface area contributed by atoms with Crippen molar-refractivity contribution in [3.05, 3.63) is 29.8 Å². The van der Waals surface area contributed by atoms with Gasteiger partial charge >= 0.3 is 5.51 Å². The predicted octanol–water partition coefficient (Wildman–Crippen LogP) is 2.75. The summed E-state index contributed by atoms with van der Waals surface area (Å²) in [7, 11) is -5.39. The van der Waals surface area contributed by atoms with Crippen LogP contribution in [0.5, 0.6) is 0 Å². The van der Waals surface area contributed by atoms with Gasteiger partial charge in [-0.2, -0.15) is 13.2 Å². The largest absolute Gasteiger partial charge is 0.501 e. The Bertz CT molecular complexity index is 607. The Morgan fingerprint density at radius 3 is 1.95 bits per heavy atom. The lowest BCUT2D eigenvalue weighted by Gasteiger charge is -2.17. The van der Waals surface area contributed by atoms with Crippen molar-refractivity contribution in [3.63, 3.8) is 0 Å². The average Bonchev–Trinajstić information content (AvgIpc) is 2.37. The van der Waals surface area contributed by atoms with E-state index in [0.717, 1.165) is 24.3 Å². The maximum atomic E-state index is 12.4. The molecule has 0 radical (unpaired) electrons. The van der Waals surface area contributed by atoms with Crippen molar-refractivity contribution in [3.8, 4) is 0 Å². The van der Waals surface area contributed by atoms with E-state index in [0.29, 0.717) is 0 Å². The Labute approximate surface area is 121 Å². The Morgan fingerprint density at radius 2 is 1.57 bits per heavy atom. The third-order valence-electron chi connectivity index (χ3n) is 3.09. The predicted molar refractivity (Wildman–Crippen MR) is 71.4 cm³/mol. The number of sulfone groups is 1. The molecule has 0 saturated heterocycles. The van der Waals surface area contributed by atoms with Gasteiger partial charge in [0.1, 0.15) is 0 Å².